The standard InChI is InChI=1S/C19H23N9O2/c1-12(20)13-9-21-28(10-13)16-6-4-5-14(22-16)18(29)23-15-11-26(3)24-17(15)27-8-7-25(2)19(27)30/h4-6,9-12H,7-8,20H2,1-3H3,(H,23,29). The van der Waals surface area contributed by atoms with Gasteiger partial charge >= 0.3 is 6.03 Å². The topological polar surface area (TPSA) is 127 Å². The Morgan fingerprint density at radius 3 is 2.70 bits per heavy atom. The highest BCUT2D eigenvalue weighted by molar-refractivity contribution is 6.06. The third kappa shape index (κ3) is 3.62. The molecule has 0 spiro atoms. The average molecular weight is 409 g/mol. The SMILES string of the molecule is CC(N)c1cnn(-c2cccc(C(=O)Nc3cn(C)nc3N3CCN(C)C3=O)n2)c1. The van der Waals surface area contributed by atoms with E-state index in [1.165, 1.54) is 0 Å². The number of rotatable bonds is 5. The number of carbonyl (C=O) groups excluding carboxylic acids is 2. The molecule has 156 valence electrons. The molecule has 1 fully saturated rings. The first-order valence-corrected chi connectivity index (χ1v) is 9.48. The second-order valence-corrected chi connectivity index (χ2v) is 7.24. The molecule has 1 aliphatic heterocycles. The Balaban J connectivity index is 1.57. The highest BCUT2D eigenvalue weighted by Crippen LogP contribution is 2.27. The number of carbonyl (C=O) groups is 2. The molecule has 4 rings (SSSR count). The minimum atomic E-state index is -0.411. The molecule has 3 amide bonds. The number of aryl methyl sites for hydroxylation is 1. The molecule has 0 radical (unpaired) electrons. The number of nitrogens with two attached hydrogens (primary N) is 1. The number of aromatic nitrogens is 5. The van der Waals surface area contributed by atoms with Crippen molar-refractivity contribution in [3.8, 4) is 5.82 Å². The van der Waals surface area contributed by atoms with Gasteiger partial charge in [0.2, 0.25) is 0 Å². The van der Waals surface area contributed by atoms with Crippen molar-refractivity contribution < 1.29 is 9.59 Å². The number of nitrogens with one attached hydrogen (secondary N) is 1. The number of pyridine rings is 1. The lowest BCUT2D eigenvalue weighted by atomic mass is 10.2. The van der Waals surface area contributed by atoms with E-state index in [1.54, 1.807) is 70.0 Å². The predicted molar refractivity (Wildman–Crippen MR) is 110 cm³/mol. The first-order chi connectivity index (χ1) is 14.3. The zero-order valence-electron chi connectivity index (χ0n) is 17.0. The number of hydrogen-bond donors (Lipinski definition) is 2. The molecule has 1 unspecified atom stereocenters. The van der Waals surface area contributed by atoms with Crippen LogP contribution < -0.4 is 16.0 Å². The number of amides is 3. The van der Waals surface area contributed by atoms with Crippen LogP contribution >= 0.6 is 0 Å². The fraction of sp³-hybridized carbons (Fsp3) is 0.316. The molecule has 4 heterocycles. The molecule has 3 N–H and O–H groups in total. The summed E-state index contributed by atoms with van der Waals surface area (Å²) in [6.07, 6.45) is 5.11. The van der Waals surface area contributed by atoms with Gasteiger partial charge in [-0.3, -0.25) is 14.4 Å². The van der Waals surface area contributed by atoms with Gasteiger partial charge < -0.3 is 16.0 Å². The average Bonchev–Trinajstić information content (AvgIpc) is 3.42. The van der Waals surface area contributed by atoms with Crippen molar-refractivity contribution in [2.75, 3.05) is 30.4 Å². The Kier molecular flexibility index (Phi) is 4.96. The van der Waals surface area contributed by atoms with Crippen LogP contribution in [-0.2, 0) is 7.05 Å². The third-order valence-electron chi connectivity index (χ3n) is 4.86. The Labute approximate surface area is 173 Å². The van der Waals surface area contributed by atoms with Gasteiger partial charge in [-0.05, 0) is 19.1 Å². The van der Waals surface area contributed by atoms with Gasteiger partial charge in [0.15, 0.2) is 11.6 Å². The van der Waals surface area contributed by atoms with E-state index >= 15 is 0 Å². The van der Waals surface area contributed by atoms with Crippen molar-refractivity contribution >= 4 is 23.4 Å². The highest BCUT2D eigenvalue weighted by Gasteiger charge is 2.31. The monoisotopic (exact) mass is 409 g/mol. The van der Waals surface area contributed by atoms with E-state index in [1.807, 2.05) is 6.92 Å². The lowest BCUT2D eigenvalue weighted by Gasteiger charge is -2.15. The van der Waals surface area contributed by atoms with Crippen molar-refractivity contribution in [2.45, 2.75) is 13.0 Å². The van der Waals surface area contributed by atoms with Crippen LogP contribution in [0, 0.1) is 0 Å². The zero-order valence-corrected chi connectivity index (χ0v) is 17.0. The summed E-state index contributed by atoms with van der Waals surface area (Å²) in [5, 5.41) is 11.4. The predicted octanol–water partition coefficient (Wildman–Crippen LogP) is 1.14. The van der Waals surface area contributed by atoms with E-state index in [2.05, 4.69) is 20.5 Å². The summed E-state index contributed by atoms with van der Waals surface area (Å²) < 4.78 is 3.13. The zero-order chi connectivity index (χ0) is 21.4. The van der Waals surface area contributed by atoms with Gasteiger partial charge in [-0.2, -0.15) is 10.2 Å². The maximum atomic E-state index is 12.9. The number of urea groups is 1. The maximum absolute atomic E-state index is 12.9. The summed E-state index contributed by atoms with van der Waals surface area (Å²) in [4.78, 5) is 32.7. The summed E-state index contributed by atoms with van der Waals surface area (Å²) >= 11 is 0. The van der Waals surface area contributed by atoms with E-state index in [-0.39, 0.29) is 17.8 Å². The first kappa shape index (κ1) is 19.6. The molecule has 1 atom stereocenters. The molecule has 30 heavy (non-hydrogen) atoms. The van der Waals surface area contributed by atoms with Crippen LogP contribution in [0.3, 0.4) is 0 Å². The maximum Gasteiger partial charge on any atom is 0.325 e. The number of anilines is 2. The molecule has 0 saturated carbocycles. The number of likely N-dealkylation sites (N-methyl/N-ethyl adjacent to an activating group) is 1. The van der Waals surface area contributed by atoms with Crippen LogP contribution in [0.1, 0.15) is 29.0 Å². The van der Waals surface area contributed by atoms with E-state index in [9.17, 15) is 9.59 Å². The van der Waals surface area contributed by atoms with Gasteiger partial charge in [0, 0.05) is 45.0 Å². The number of nitrogens with zero attached hydrogens (tertiary/aromatic N) is 7. The van der Waals surface area contributed by atoms with E-state index in [0.717, 1.165) is 5.56 Å². The molecular formula is C19H23N9O2. The fourth-order valence-electron chi connectivity index (χ4n) is 3.17. The summed E-state index contributed by atoms with van der Waals surface area (Å²) in [5.74, 6) is 0.494. The third-order valence-corrected chi connectivity index (χ3v) is 4.86. The van der Waals surface area contributed by atoms with Crippen molar-refractivity contribution in [1.29, 1.82) is 0 Å². The van der Waals surface area contributed by atoms with Crippen LogP contribution in [0.25, 0.3) is 5.82 Å². The minimum absolute atomic E-state index is 0.151. The molecule has 0 aromatic carbocycles. The molecule has 3 aromatic heterocycles. The van der Waals surface area contributed by atoms with Gasteiger partial charge in [-0.15, -0.1) is 0 Å². The van der Waals surface area contributed by atoms with Gasteiger partial charge in [-0.25, -0.2) is 14.5 Å². The van der Waals surface area contributed by atoms with E-state index < -0.39 is 5.91 Å². The quantitative estimate of drug-likeness (QED) is 0.651. The Morgan fingerprint density at radius 2 is 2.03 bits per heavy atom. The second kappa shape index (κ2) is 7.59. The molecule has 0 aliphatic carbocycles. The van der Waals surface area contributed by atoms with Crippen molar-refractivity contribution in [3.63, 3.8) is 0 Å². The number of hydrogen-bond acceptors (Lipinski definition) is 6. The normalized spacial score (nSPS) is 15.0. The van der Waals surface area contributed by atoms with Crippen LogP contribution in [0.5, 0.6) is 0 Å². The summed E-state index contributed by atoms with van der Waals surface area (Å²) in [6.45, 7) is 2.97. The lowest BCUT2D eigenvalue weighted by Crippen LogP contribution is -2.30. The molecular weight excluding hydrogens is 386 g/mol. The van der Waals surface area contributed by atoms with Crippen LogP contribution in [-0.4, -0.2) is 61.5 Å². The summed E-state index contributed by atoms with van der Waals surface area (Å²) in [5.41, 5.74) is 7.40. The van der Waals surface area contributed by atoms with Gasteiger partial charge in [0.05, 0.1) is 12.4 Å². The van der Waals surface area contributed by atoms with Crippen molar-refractivity contribution in [3.05, 3.63) is 48.0 Å². The van der Waals surface area contributed by atoms with Crippen molar-refractivity contribution in [1.82, 2.24) is 29.4 Å². The van der Waals surface area contributed by atoms with Crippen LogP contribution in [0.4, 0.5) is 16.3 Å². The summed E-state index contributed by atoms with van der Waals surface area (Å²) in [6, 6.07) is 4.78. The highest BCUT2D eigenvalue weighted by atomic mass is 16.2. The van der Waals surface area contributed by atoms with Crippen LogP contribution in [0.15, 0.2) is 36.8 Å². The summed E-state index contributed by atoms with van der Waals surface area (Å²) in [7, 11) is 3.46. The second-order valence-electron chi connectivity index (χ2n) is 7.24. The van der Waals surface area contributed by atoms with Crippen molar-refractivity contribution in [2.24, 2.45) is 12.8 Å². The Hall–Kier alpha value is -3.73. The molecule has 0 bridgehead atoms. The first-order valence-electron chi connectivity index (χ1n) is 9.48. The van der Waals surface area contributed by atoms with Gasteiger partial charge in [-0.1, -0.05) is 6.07 Å². The van der Waals surface area contributed by atoms with Gasteiger partial charge in [0.1, 0.15) is 11.4 Å². The molecule has 1 aliphatic rings. The smallest absolute Gasteiger partial charge is 0.325 e. The molecule has 11 heteroatoms. The minimum Gasteiger partial charge on any atom is -0.326 e. The fourth-order valence-corrected chi connectivity index (χ4v) is 3.17. The molecule has 1 saturated heterocycles. The Morgan fingerprint density at radius 1 is 1.23 bits per heavy atom. The molecule has 3 aromatic rings. The largest absolute Gasteiger partial charge is 0.326 e. The van der Waals surface area contributed by atoms with Crippen LogP contribution in [0.2, 0.25) is 0 Å². The molecule has 11 nitrogen and oxygen atoms in total. The van der Waals surface area contributed by atoms with E-state index in [0.29, 0.717) is 30.4 Å². The van der Waals surface area contributed by atoms with Gasteiger partial charge in [0.25, 0.3) is 5.91 Å². The lowest BCUT2D eigenvalue weighted by molar-refractivity contribution is 0.102. The van der Waals surface area contributed by atoms with E-state index in [4.69, 9.17) is 5.73 Å². The Bertz CT molecular complexity index is 1100.